The molecule has 0 unspecified atom stereocenters. The zero-order valence-electron chi connectivity index (χ0n) is 17.1. The van der Waals surface area contributed by atoms with Crippen molar-refractivity contribution in [2.24, 2.45) is 10.9 Å². The van der Waals surface area contributed by atoms with Crippen molar-refractivity contribution < 1.29 is 13.2 Å². The topological polar surface area (TPSA) is 71.7 Å². The minimum Gasteiger partial charge on any atom is -0.313 e. The first-order valence-corrected chi connectivity index (χ1v) is 13.0. The summed E-state index contributed by atoms with van der Waals surface area (Å²) in [7, 11) is -3.62. The molecule has 10 heteroatoms. The van der Waals surface area contributed by atoms with Crippen LogP contribution >= 0.6 is 34.5 Å². The zero-order chi connectivity index (χ0) is 22.9. The quantitative estimate of drug-likeness (QED) is 0.467. The zero-order valence-corrected chi connectivity index (χ0v) is 20.2. The van der Waals surface area contributed by atoms with E-state index < -0.39 is 10.0 Å². The first-order valence-electron chi connectivity index (χ1n) is 10.0. The van der Waals surface area contributed by atoms with Gasteiger partial charge in [0.1, 0.15) is 0 Å². The maximum Gasteiger partial charge on any atom is 0.251 e. The summed E-state index contributed by atoms with van der Waals surface area (Å²) in [4.78, 5) is 18.1. The average molecular weight is 510 g/mol. The van der Waals surface area contributed by atoms with Gasteiger partial charge >= 0.3 is 0 Å². The Morgan fingerprint density at radius 1 is 1.12 bits per heavy atom. The highest BCUT2D eigenvalue weighted by Gasteiger charge is 2.32. The molecule has 0 saturated carbocycles. The largest absolute Gasteiger partial charge is 0.313 e. The van der Waals surface area contributed by atoms with Crippen LogP contribution in [0.15, 0.2) is 65.0 Å². The number of carbonyl (C=O) groups excluding carboxylic acids is 1. The molecule has 32 heavy (non-hydrogen) atoms. The third-order valence-electron chi connectivity index (χ3n) is 5.42. The molecule has 0 spiro atoms. The van der Waals surface area contributed by atoms with Crippen molar-refractivity contribution in [3.63, 3.8) is 0 Å². The van der Waals surface area contributed by atoms with E-state index >= 15 is 0 Å². The van der Waals surface area contributed by atoms with E-state index in [9.17, 15) is 13.2 Å². The van der Waals surface area contributed by atoms with E-state index in [4.69, 9.17) is 23.2 Å². The van der Waals surface area contributed by atoms with Gasteiger partial charge in [-0.25, -0.2) is 8.42 Å². The lowest BCUT2D eigenvalue weighted by Gasteiger charge is -2.29. The van der Waals surface area contributed by atoms with Gasteiger partial charge in [0.2, 0.25) is 10.0 Å². The highest BCUT2D eigenvalue weighted by Crippen LogP contribution is 2.26. The molecule has 0 bridgehead atoms. The Morgan fingerprint density at radius 3 is 2.44 bits per heavy atom. The van der Waals surface area contributed by atoms with Crippen LogP contribution in [0, 0.1) is 5.92 Å². The molecule has 0 atom stereocenters. The predicted octanol–water partition coefficient (Wildman–Crippen LogP) is 4.72. The van der Waals surface area contributed by atoms with E-state index in [1.54, 1.807) is 24.3 Å². The predicted molar refractivity (Wildman–Crippen MR) is 129 cm³/mol. The third-order valence-corrected chi connectivity index (χ3v) is 8.86. The summed E-state index contributed by atoms with van der Waals surface area (Å²) >= 11 is 13.4. The molecule has 3 aromatic rings. The number of benzene rings is 2. The van der Waals surface area contributed by atoms with Crippen molar-refractivity contribution in [1.29, 1.82) is 0 Å². The Bertz CT molecular complexity index is 1340. The van der Waals surface area contributed by atoms with Gasteiger partial charge in [-0.2, -0.15) is 9.30 Å². The molecule has 0 aliphatic carbocycles. The summed E-state index contributed by atoms with van der Waals surface area (Å²) in [6.07, 6.45) is 2.60. The molecule has 1 fully saturated rings. The summed E-state index contributed by atoms with van der Waals surface area (Å²) in [5, 5.41) is 1.10. The van der Waals surface area contributed by atoms with Crippen molar-refractivity contribution >= 4 is 60.7 Å². The summed E-state index contributed by atoms with van der Waals surface area (Å²) < 4.78 is 30.0. The van der Waals surface area contributed by atoms with E-state index in [1.807, 2.05) is 16.7 Å². The lowest BCUT2D eigenvalue weighted by atomic mass is 9.98. The Kier molecular flexibility index (Phi) is 6.88. The monoisotopic (exact) mass is 509 g/mol. The minimum absolute atomic E-state index is 0.200. The summed E-state index contributed by atoms with van der Waals surface area (Å²) in [6, 6.07) is 11.7. The molecular formula is C22H21Cl2N3O3S2. The Morgan fingerprint density at radius 2 is 1.78 bits per heavy atom. The molecule has 1 aliphatic rings. The number of halogens is 2. The Labute approximate surface area is 200 Å². The fraction of sp³-hybridized carbons (Fsp3) is 0.273. The highest BCUT2D eigenvalue weighted by molar-refractivity contribution is 7.89. The number of fused-ring (bicyclic) bond motifs is 1. The molecule has 2 heterocycles. The lowest BCUT2D eigenvalue weighted by molar-refractivity contribution is -0.122. The molecule has 2 aromatic carbocycles. The highest BCUT2D eigenvalue weighted by atomic mass is 35.5. The van der Waals surface area contributed by atoms with Crippen LogP contribution in [0.4, 0.5) is 0 Å². The van der Waals surface area contributed by atoms with Gasteiger partial charge in [0, 0.05) is 35.6 Å². The van der Waals surface area contributed by atoms with E-state index in [0.717, 1.165) is 10.2 Å². The number of allylic oxidation sites excluding steroid dienone is 1. The van der Waals surface area contributed by atoms with Crippen molar-refractivity contribution in [1.82, 2.24) is 8.87 Å². The maximum absolute atomic E-state index is 12.9. The average Bonchev–Trinajstić information content (AvgIpc) is 3.10. The standard InChI is InChI=1S/C22H21Cl2N3O3S2/c1-2-11-27-19-8-5-17(24)14-20(19)31-22(27)25-21(28)15-9-12-26(13-10-15)32(29,30)18-6-3-16(23)4-7-18/h2-8,14-15H,1,9-13H2. The van der Waals surface area contributed by atoms with Crippen LogP contribution in [0.3, 0.4) is 0 Å². The second-order valence-electron chi connectivity index (χ2n) is 7.48. The van der Waals surface area contributed by atoms with Gasteiger partial charge in [-0.05, 0) is 55.3 Å². The van der Waals surface area contributed by atoms with Crippen LogP contribution in [0.25, 0.3) is 10.2 Å². The van der Waals surface area contributed by atoms with Crippen molar-refractivity contribution in [2.45, 2.75) is 24.3 Å². The molecule has 1 aromatic heterocycles. The van der Waals surface area contributed by atoms with Crippen LogP contribution in [0.5, 0.6) is 0 Å². The van der Waals surface area contributed by atoms with Gasteiger partial charge in [-0.15, -0.1) is 6.58 Å². The minimum atomic E-state index is -3.62. The first kappa shape index (κ1) is 23.2. The molecule has 0 N–H and O–H groups in total. The van der Waals surface area contributed by atoms with E-state index in [-0.39, 0.29) is 29.8 Å². The van der Waals surface area contributed by atoms with E-state index in [2.05, 4.69) is 11.6 Å². The van der Waals surface area contributed by atoms with Crippen LogP contribution in [-0.4, -0.2) is 36.3 Å². The summed E-state index contributed by atoms with van der Waals surface area (Å²) in [5.41, 5.74) is 0.940. The number of piperidine rings is 1. The number of rotatable bonds is 5. The van der Waals surface area contributed by atoms with Crippen molar-refractivity contribution in [3.05, 3.63) is 70.0 Å². The molecule has 1 aliphatic heterocycles. The van der Waals surface area contributed by atoms with Crippen LogP contribution in [-0.2, 0) is 21.4 Å². The summed E-state index contributed by atoms with van der Waals surface area (Å²) in [6.45, 7) is 4.85. The smallest absolute Gasteiger partial charge is 0.251 e. The number of sulfonamides is 1. The van der Waals surface area contributed by atoms with Crippen molar-refractivity contribution in [2.75, 3.05) is 13.1 Å². The van der Waals surface area contributed by atoms with Gasteiger partial charge in [-0.1, -0.05) is 40.6 Å². The van der Waals surface area contributed by atoms with Gasteiger partial charge < -0.3 is 4.57 Å². The van der Waals surface area contributed by atoms with Gasteiger partial charge in [0.15, 0.2) is 4.80 Å². The molecule has 1 saturated heterocycles. The van der Waals surface area contributed by atoms with Crippen LogP contribution in [0.1, 0.15) is 12.8 Å². The Hall–Kier alpha value is -1.97. The number of hydrogen-bond acceptors (Lipinski definition) is 4. The van der Waals surface area contributed by atoms with Crippen LogP contribution < -0.4 is 4.80 Å². The number of amides is 1. The Balaban J connectivity index is 1.53. The van der Waals surface area contributed by atoms with Crippen LogP contribution in [0.2, 0.25) is 10.0 Å². The number of thiazole rings is 1. The van der Waals surface area contributed by atoms with E-state index in [1.165, 1.54) is 27.8 Å². The molecule has 0 radical (unpaired) electrons. The van der Waals surface area contributed by atoms with E-state index in [0.29, 0.717) is 34.2 Å². The summed E-state index contributed by atoms with van der Waals surface area (Å²) in [5.74, 6) is -0.554. The number of hydrogen-bond donors (Lipinski definition) is 0. The first-order chi connectivity index (χ1) is 15.3. The fourth-order valence-corrected chi connectivity index (χ4v) is 6.64. The van der Waals surface area contributed by atoms with Gasteiger partial charge in [-0.3, -0.25) is 4.79 Å². The normalized spacial score (nSPS) is 16.5. The number of nitrogens with zero attached hydrogens (tertiary/aromatic N) is 3. The number of carbonyl (C=O) groups is 1. The SMILES string of the molecule is C=CCn1c(=NC(=O)C2CCN(S(=O)(=O)c3ccc(Cl)cc3)CC2)sc2cc(Cl)ccc21. The van der Waals surface area contributed by atoms with Gasteiger partial charge in [0.25, 0.3) is 5.91 Å². The van der Waals surface area contributed by atoms with Gasteiger partial charge in [0.05, 0.1) is 15.1 Å². The molecule has 168 valence electrons. The van der Waals surface area contributed by atoms with Crippen molar-refractivity contribution in [3.8, 4) is 0 Å². The third kappa shape index (κ3) is 4.70. The maximum atomic E-state index is 12.9. The number of aromatic nitrogens is 1. The molecular weight excluding hydrogens is 489 g/mol. The molecule has 4 rings (SSSR count). The second kappa shape index (κ2) is 9.49. The lowest BCUT2D eigenvalue weighted by Crippen LogP contribution is -2.40. The second-order valence-corrected chi connectivity index (χ2v) is 11.3. The fourth-order valence-electron chi connectivity index (χ4n) is 3.72. The molecule has 6 nitrogen and oxygen atoms in total. The molecule has 1 amide bonds.